The molecule has 4 nitrogen and oxygen atoms in total. The average Bonchev–Trinajstić information content (AvgIpc) is 3.30. The minimum atomic E-state index is -0.695. The van der Waals surface area contributed by atoms with Crippen LogP contribution in [0.3, 0.4) is 0 Å². The average molecular weight is 275 g/mol. The number of rotatable bonds is 5. The largest absolute Gasteiger partial charge is 0.481 e. The van der Waals surface area contributed by atoms with Crippen molar-refractivity contribution < 1.29 is 14.6 Å². The third-order valence-electron chi connectivity index (χ3n) is 4.28. The second kappa shape index (κ2) is 5.83. The molecular formula is C16H21NO3. The van der Waals surface area contributed by atoms with E-state index in [1.165, 1.54) is 24.1 Å². The van der Waals surface area contributed by atoms with Crippen molar-refractivity contribution in [1.82, 2.24) is 0 Å². The predicted octanol–water partition coefficient (Wildman–Crippen LogP) is 2.49. The number of hydrogen-bond acceptors (Lipinski definition) is 3. The van der Waals surface area contributed by atoms with Crippen molar-refractivity contribution in [1.29, 1.82) is 0 Å². The van der Waals surface area contributed by atoms with Crippen LogP contribution in [-0.2, 0) is 9.53 Å². The molecule has 108 valence electrons. The van der Waals surface area contributed by atoms with Crippen LogP contribution in [0.5, 0.6) is 0 Å². The van der Waals surface area contributed by atoms with Gasteiger partial charge in [-0.15, -0.1) is 0 Å². The Morgan fingerprint density at radius 1 is 1.25 bits per heavy atom. The quantitative estimate of drug-likeness (QED) is 0.897. The van der Waals surface area contributed by atoms with Gasteiger partial charge in [0.1, 0.15) is 0 Å². The van der Waals surface area contributed by atoms with Gasteiger partial charge < -0.3 is 14.7 Å². The van der Waals surface area contributed by atoms with E-state index < -0.39 is 5.97 Å². The first-order valence-electron chi connectivity index (χ1n) is 7.38. The number of carbonyl (C=O) groups is 1. The molecule has 1 heterocycles. The monoisotopic (exact) mass is 275 g/mol. The highest BCUT2D eigenvalue weighted by Crippen LogP contribution is 2.44. The first-order valence-corrected chi connectivity index (χ1v) is 7.38. The molecule has 1 saturated heterocycles. The molecule has 1 aromatic rings. The fraction of sp³-hybridized carbons (Fsp3) is 0.562. The van der Waals surface area contributed by atoms with Gasteiger partial charge in [0.05, 0.1) is 19.6 Å². The van der Waals surface area contributed by atoms with Crippen molar-refractivity contribution in [2.45, 2.75) is 25.2 Å². The Labute approximate surface area is 119 Å². The zero-order chi connectivity index (χ0) is 13.9. The molecule has 0 amide bonds. The van der Waals surface area contributed by atoms with Crippen molar-refractivity contribution in [2.24, 2.45) is 5.92 Å². The van der Waals surface area contributed by atoms with Gasteiger partial charge in [0.2, 0.25) is 0 Å². The third-order valence-corrected chi connectivity index (χ3v) is 4.28. The lowest BCUT2D eigenvalue weighted by atomic mass is 9.91. The van der Waals surface area contributed by atoms with Crippen LogP contribution in [0.15, 0.2) is 24.3 Å². The normalized spacial score (nSPS) is 20.7. The zero-order valence-corrected chi connectivity index (χ0v) is 11.6. The van der Waals surface area contributed by atoms with Crippen molar-refractivity contribution >= 4 is 11.7 Å². The van der Waals surface area contributed by atoms with E-state index in [1.807, 2.05) is 0 Å². The van der Waals surface area contributed by atoms with Crippen LogP contribution in [0.25, 0.3) is 0 Å². The summed E-state index contributed by atoms with van der Waals surface area (Å²) in [5, 5.41) is 9.06. The van der Waals surface area contributed by atoms with Crippen LogP contribution in [-0.4, -0.2) is 37.4 Å². The fourth-order valence-corrected chi connectivity index (χ4v) is 3.00. The van der Waals surface area contributed by atoms with E-state index in [9.17, 15) is 4.79 Å². The summed E-state index contributed by atoms with van der Waals surface area (Å²) in [7, 11) is 0. The Hall–Kier alpha value is -1.55. The highest BCUT2D eigenvalue weighted by molar-refractivity contribution is 5.68. The maximum absolute atomic E-state index is 11.0. The molecule has 1 aliphatic carbocycles. The van der Waals surface area contributed by atoms with Crippen molar-refractivity contribution in [3.05, 3.63) is 29.8 Å². The molecule has 4 heteroatoms. The van der Waals surface area contributed by atoms with Crippen molar-refractivity contribution in [2.75, 3.05) is 31.2 Å². The Bertz CT molecular complexity index is 461. The van der Waals surface area contributed by atoms with Gasteiger partial charge in [-0.3, -0.25) is 4.79 Å². The zero-order valence-electron chi connectivity index (χ0n) is 11.6. The lowest BCUT2D eigenvalue weighted by molar-refractivity contribution is -0.137. The van der Waals surface area contributed by atoms with E-state index >= 15 is 0 Å². The first kappa shape index (κ1) is 13.4. The molecule has 1 aromatic carbocycles. The first-order chi connectivity index (χ1) is 9.74. The molecule has 1 N–H and O–H groups in total. The number of benzene rings is 1. The van der Waals surface area contributed by atoms with Crippen LogP contribution >= 0.6 is 0 Å². The molecule has 0 bridgehead atoms. The maximum atomic E-state index is 11.0. The van der Waals surface area contributed by atoms with Gasteiger partial charge in [0.15, 0.2) is 0 Å². The van der Waals surface area contributed by atoms with Gasteiger partial charge in [-0.1, -0.05) is 12.1 Å². The topological polar surface area (TPSA) is 49.8 Å². The predicted molar refractivity (Wildman–Crippen MR) is 77.2 cm³/mol. The molecule has 0 aromatic heterocycles. The number of ether oxygens (including phenoxy) is 1. The highest BCUT2D eigenvalue weighted by Gasteiger charge is 2.33. The second-order valence-electron chi connectivity index (χ2n) is 5.73. The molecular weight excluding hydrogens is 254 g/mol. The van der Waals surface area contributed by atoms with Crippen molar-refractivity contribution in [3.8, 4) is 0 Å². The highest BCUT2D eigenvalue weighted by atomic mass is 16.5. The van der Waals surface area contributed by atoms with E-state index in [1.54, 1.807) is 0 Å². The Balaban J connectivity index is 1.72. The van der Waals surface area contributed by atoms with Crippen LogP contribution in [0, 0.1) is 5.92 Å². The summed E-state index contributed by atoms with van der Waals surface area (Å²) in [6.45, 7) is 3.43. The molecule has 1 unspecified atom stereocenters. The summed E-state index contributed by atoms with van der Waals surface area (Å²) >= 11 is 0. The Morgan fingerprint density at radius 3 is 2.45 bits per heavy atom. The molecule has 2 aliphatic rings. The summed E-state index contributed by atoms with van der Waals surface area (Å²) < 4.78 is 5.36. The maximum Gasteiger partial charge on any atom is 0.303 e. The Morgan fingerprint density at radius 2 is 1.90 bits per heavy atom. The fourth-order valence-electron chi connectivity index (χ4n) is 3.00. The standard InChI is InChI=1S/C16H21NO3/c18-16(19)11-15(12-1-2-12)13-3-5-14(6-4-13)17-7-9-20-10-8-17/h3-6,12,15H,1-2,7-11H2,(H,18,19). The summed E-state index contributed by atoms with van der Waals surface area (Å²) in [5.41, 5.74) is 2.38. The molecule has 1 atom stereocenters. The summed E-state index contributed by atoms with van der Waals surface area (Å²) in [5.74, 6) is 0.0609. The van der Waals surface area contributed by atoms with Crippen LogP contribution in [0.1, 0.15) is 30.7 Å². The lowest BCUT2D eigenvalue weighted by Gasteiger charge is -2.29. The van der Waals surface area contributed by atoms with Gasteiger partial charge in [0.25, 0.3) is 0 Å². The molecule has 20 heavy (non-hydrogen) atoms. The van der Waals surface area contributed by atoms with Gasteiger partial charge in [-0.25, -0.2) is 0 Å². The van der Waals surface area contributed by atoms with Crippen LogP contribution < -0.4 is 4.90 Å². The lowest BCUT2D eigenvalue weighted by Crippen LogP contribution is -2.36. The molecule has 3 rings (SSSR count). The van der Waals surface area contributed by atoms with E-state index in [4.69, 9.17) is 9.84 Å². The molecule has 2 fully saturated rings. The summed E-state index contributed by atoms with van der Waals surface area (Å²) in [4.78, 5) is 13.3. The number of nitrogens with zero attached hydrogens (tertiary/aromatic N) is 1. The van der Waals surface area contributed by atoms with E-state index in [0.717, 1.165) is 26.3 Å². The SMILES string of the molecule is O=C(O)CC(c1ccc(N2CCOCC2)cc1)C1CC1. The minimum Gasteiger partial charge on any atom is -0.481 e. The number of carboxylic acid groups (broad SMARTS) is 1. The summed E-state index contributed by atoms with van der Waals surface area (Å²) in [6.07, 6.45) is 2.59. The summed E-state index contributed by atoms with van der Waals surface area (Å²) in [6, 6.07) is 8.46. The molecule has 1 aliphatic heterocycles. The van der Waals surface area contributed by atoms with Gasteiger partial charge >= 0.3 is 5.97 Å². The van der Waals surface area contributed by atoms with Crippen molar-refractivity contribution in [3.63, 3.8) is 0 Å². The van der Waals surface area contributed by atoms with Crippen LogP contribution in [0.4, 0.5) is 5.69 Å². The van der Waals surface area contributed by atoms with E-state index in [-0.39, 0.29) is 12.3 Å². The smallest absolute Gasteiger partial charge is 0.303 e. The van der Waals surface area contributed by atoms with Crippen LogP contribution in [0.2, 0.25) is 0 Å². The number of carboxylic acids is 1. The molecule has 0 spiro atoms. The number of anilines is 1. The van der Waals surface area contributed by atoms with E-state index in [2.05, 4.69) is 29.2 Å². The van der Waals surface area contributed by atoms with Gasteiger partial charge in [0, 0.05) is 18.8 Å². The second-order valence-corrected chi connectivity index (χ2v) is 5.73. The van der Waals surface area contributed by atoms with Gasteiger partial charge in [-0.2, -0.15) is 0 Å². The number of morpholine rings is 1. The molecule has 1 saturated carbocycles. The molecule has 0 radical (unpaired) electrons. The number of aliphatic carboxylic acids is 1. The van der Waals surface area contributed by atoms with Gasteiger partial charge in [-0.05, 0) is 42.4 Å². The third kappa shape index (κ3) is 3.12. The Kier molecular flexibility index (Phi) is 3.92. The number of hydrogen-bond donors (Lipinski definition) is 1. The van der Waals surface area contributed by atoms with E-state index in [0.29, 0.717) is 5.92 Å². The minimum absolute atomic E-state index is 0.186.